The van der Waals surface area contributed by atoms with Gasteiger partial charge in [0.15, 0.2) is 5.69 Å². The number of nitrogen functional groups attached to an aromatic ring is 1. The molecule has 2 aromatic carbocycles. The maximum Gasteiger partial charge on any atom is 0.273 e. The van der Waals surface area contributed by atoms with E-state index in [-0.39, 0.29) is 28.2 Å². The fraction of sp³-hybridized carbons (Fsp3) is 0.286. The molecule has 1 saturated carbocycles. The third kappa shape index (κ3) is 4.63. The van der Waals surface area contributed by atoms with E-state index in [2.05, 4.69) is 14.7 Å². The molecular weight excluding hydrogens is 500 g/mol. The van der Waals surface area contributed by atoms with Crippen LogP contribution in [0.3, 0.4) is 0 Å². The topological polar surface area (TPSA) is 147 Å². The van der Waals surface area contributed by atoms with Crippen molar-refractivity contribution < 1.29 is 14.4 Å². The highest BCUT2D eigenvalue weighted by molar-refractivity contribution is 7.09. The summed E-state index contributed by atoms with van der Waals surface area (Å²) in [6, 6.07) is 12.3. The van der Waals surface area contributed by atoms with Gasteiger partial charge in [0.25, 0.3) is 11.8 Å². The van der Waals surface area contributed by atoms with Crippen LogP contribution in [-0.4, -0.2) is 33.1 Å². The lowest BCUT2D eigenvalue weighted by molar-refractivity contribution is -0.123. The van der Waals surface area contributed by atoms with Gasteiger partial charge in [-0.3, -0.25) is 19.3 Å². The standard InChI is InChI=1S/C28H30N6O3S/c1-15-11-12-18(13-16(15)2)34(28(37)25-22(29)23(26(30)35)33-38-25)24(27(36)32-17-7-3-4-8-17)20-14-31-21-10-6-5-9-19(20)21/h5-6,9-14,17,24,31H,3-4,7-8,29H2,1-2H3,(H2,30,35)(H,32,36)/t24-/m0/s1. The van der Waals surface area contributed by atoms with Crippen LogP contribution in [-0.2, 0) is 4.79 Å². The van der Waals surface area contributed by atoms with Gasteiger partial charge in [0.1, 0.15) is 10.9 Å². The summed E-state index contributed by atoms with van der Waals surface area (Å²) in [5.41, 5.74) is 15.4. The largest absolute Gasteiger partial charge is 0.395 e. The van der Waals surface area contributed by atoms with Crippen LogP contribution >= 0.6 is 11.5 Å². The lowest BCUT2D eigenvalue weighted by Crippen LogP contribution is -2.46. The van der Waals surface area contributed by atoms with Gasteiger partial charge < -0.3 is 21.8 Å². The number of anilines is 2. The zero-order chi connectivity index (χ0) is 27.0. The number of nitrogens with zero attached hydrogens (tertiary/aromatic N) is 2. The molecule has 2 heterocycles. The van der Waals surface area contributed by atoms with E-state index in [1.807, 2.05) is 56.3 Å². The van der Waals surface area contributed by atoms with Gasteiger partial charge in [0.2, 0.25) is 5.91 Å². The van der Waals surface area contributed by atoms with Crippen molar-refractivity contribution in [3.63, 3.8) is 0 Å². The van der Waals surface area contributed by atoms with E-state index >= 15 is 0 Å². The van der Waals surface area contributed by atoms with Gasteiger partial charge >= 0.3 is 0 Å². The van der Waals surface area contributed by atoms with Crippen molar-refractivity contribution >= 4 is 51.5 Å². The Labute approximate surface area is 224 Å². The normalized spacial score (nSPS) is 14.5. The monoisotopic (exact) mass is 530 g/mol. The summed E-state index contributed by atoms with van der Waals surface area (Å²) < 4.78 is 4.03. The van der Waals surface area contributed by atoms with Crippen LogP contribution in [0.15, 0.2) is 48.7 Å². The van der Waals surface area contributed by atoms with Crippen LogP contribution in [0.2, 0.25) is 0 Å². The van der Waals surface area contributed by atoms with Gasteiger partial charge in [0, 0.05) is 34.4 Å². The van der Waals surface area contributed by atoms with E-state index in [4.69, 9.17) is 11.5 Å². The van der Waals surface area contributed by atoms with Crippen molar-refractivity contribution in [1.29, 1.82) is 0 Å². The molecule has 1 atom stereocenters. The fourth-order valence-corrected chi connectivity index (χ4v) is 5.81. The minimum Gasteiger partial charge on any atom is -0.395 e. The summed E-state index contributed by atoms with van der Waals surface area (Å²) in [5, 5.41) is 4.02. The molecule has 2 aromatic heterocycles. The summed E-state index contributed by atoms with van der Waals surface area (Å²) in [7, 11) is 0. The molecule has 4 aromatic rings. The Kier molecular flexibility index (Phi) is 6.90. The van der Waals surface area contributed by atoms with Crippen molar-refractivity contribution in [1.82, 2.24) is 14.7 Å². The molecule has 6 N–H and O–H groups in total. The maximum absolute atomic E-state index is 14.3. The van der Waals surface area contributed by atoms with E-state index in [0.717, 1.165) is 59.2 Å². The number of nitrogens with two attached hydrogens (primary N) is 2. The highest BCUT2D eigenvalue weighted by atomic mass is 32.1. The number of benzene rings is 2. The number of amides is 3. The Morgan fingerprint density at radius 1 is 1.11 bits per heavy atom. The fourth-order valence-electron chi connectivity index (χ4n) is 5.07. The number of primary amides is 1. The third-order valence-corrected chi connectivity index (χ3v) is 8.12. The van der Waals surface area contributed by atoms with Crippen molar-refractivity contribution in [2.24, 2.45) is 5.73 Å². The average Bonchev–Trinajstić information content (AvgIpc) is 3.64. The van der Waals surface area contributed by atoms with Gasteiger partial charge in [0.05, 0.1) is 5.69 Å². The predicted molar refractivity (Wildman–Crippen MR) is 149 cm³/mol. The molecule has 3 amide bonds. The summed E-state index contributed by atoms with van der Waals surface area (Å²) in [5.74, 6) is -1.64. The third-order valence-electron chi connectivity index (χ3n) is 7.27. The van der Waals surface area contributed by atoms with E-state index in [9.17, 15) is 14.4 Å². The molecule has 0 saturated heterocycles. The number of hydrogen-bond donors (Lipinski definition) is 4. The summed E-state index contributed by atoms with van der Waals surface area (Å²) in [4.78, 5) is 45.0. The van der Waals surface area contributed by atoms with E-state index in [1.54, 1.807) is 6.20 Å². The number of carbonyl (C=O) groups excluding carboxylic acids is 3. The number of carbonyl (C=O) groups is 3. The number of aromatic nitrogens is 2. The van der Waals surface area contributed by atoms with Crippen LogP contribution < -0.4 is 21.7 Å². The van der Waals surface area contributed by atoms with Crippen molar-refractivity contribution in [3.8, 4) is 0 Å². The lowest BCUT2D eigenvalue weighted by Gasteiger charge is -2.32. The number of hydrogen-bond acceptors (Lipinski definition) is 6. The number of aryl methyl sites for hydroxylation is 2. The Hall–Kier alpha value is -4.18. The van der Waals surface area contributed by atoms with Crippen LogP contribution in [0.4, 0.5) is 11.4 Å². The molecule has 5 rings (SSSR count). The molecule has 0 spiro atoms. The van der Waals surface area contributed by atoms with Gasteiger partial charge in [-0.15, -0.1) is 0 Å². The van der Waals surface area contributed by atoms with Gasteiger partial charge in [-0.05, 0) is 67.5 Å². The molecule has 1 aliphatic carbocycles. The molecular formula is C28H30N6O3S. The summed E-state index contributed by atoms with van der Waals surface area (Å²) in [6.45, 7) is 3.93. The quantitative estimate of drug-likeness (QED) is 0.280. The zero-order valence-electron chi connectivity index (χ0n) is 21.3. The van der Waals surface area contributed by atoms with E-state index < -0.39 is 17.9 Å². The first-order chi connectivity index (χ1) is 18.3. The SMILES string of the molecule is Cc1ccc(N(C(=O)c2snc(C(N)=O)c2N)[C@H](C(=O)NC2CCCC2)c2c[nH]c3ccccc23)cc1C. The number of para-hydroxylation sites is 1. The smallest absolute Gasteiger partial charge is 0.273 e. The van der Waals surface area contributed by atoms with Crippen LogP contribution in [0.5, 0.6) is 0 Å². The van der Waals surface area contributed by atoms with Gasteiger partial charge in [-0.2, -0.15) is 4.37 Å². The van der Waals surface area contributed by atoms with Crippen LogP contribution in [0.1, 0.15) is 68.6 Å². The van der Waals surface area contributed by atoms with Crippen molar-refractivity contribution in [2.75, 3.05) is 10.6 Å². The summed E-state index contributed by atoms with van der Waals surface area (Å²) >= 11 is 0.799. The Bertz CT molecular complexity index is 1530. The van der Waals surface area contributed by atoms with Crippen LogP contribution in [0, 0.1) is 13.8 Å². The second kappa shape index (κ2) is 10.3. The Balaban J connectivity index is 1.70. The first-order valence-electron chi connectivity index (χ1n) is 12.6. The Morgan fingerprint density at radius 2 is 1.84 bits per heavy atom. The van der Waals surface area contributed by atoms with Crippen LogP contribution in [0.25, 0.3) is 10.9 Å². The molecule has 0 aliphatic heterocycles. The number of fused-ring (bicyclic) bond motifs is 1. The molecule has 0 radical (unpaired) electrons. The van der Waals surface area contributed by atoms with Crippen molar-refractivity contribution in [2.45, 2.75) is 51.6 Å². The first kappa shape index (κ1) is 25.5. The second-order valence-corrected chi connectivity index (χ2v) is 10.5. The zero-order valence-corrected chi connectivity index (χ0v) is 22.1. The van der Waals surface area contributed by atoms with E-state index in [0.29, 0.717) is 11.3 Å². The average molecular weight is 531 g/mol. The minimum atomic E-state index is -1.01. The summed E-state index contributed by atoms with van der Waals surface area (Å²) in [6.07, 6.45) is 5.67. The number of aromatic amines is 1. The van der Waals surface area contributed by atoms with E-state index in [1.165, 1.54) is 4.90 Å². The maximum atomic E-state index is 14.3. The predicted octanol–water partition coefficient (Wildman–Crippen LogP) is 4.37. The first-order valence-corrected chi connectivity index (χ1v) is 13.4. The van der Waals surface area contributed by atoms with Gasteiger partial charge in [-0.25, -0.2) is 0 Å². The molecule has 196 valence electrons. The second-order valence-electron chi connectivity index (χ2n) is 9.76. The Morgan fingerprint density at radius 3 is 2.53 bits per heavy atom. The molecule has 38 heavy (non-hydrogen) atoms. The minimum absolute atomic E-state index is 0.0434. The molecule has 1 fully saturated rings. The molecule has 0 unspecified atom stereocenters. The number of rotatable bonds is 7. The van der Waals surface area contributed by atoms with Gasteiger partial charge in [-0.1, -0.05) is 37.1 Å². The number of H-pyrrole nitrogens is 1. The lowest BCUT2D eigenvalue weighted by atomic mass is 10.00. The molecule has 9 nitrogen and oxygen atoms in total. The highest BCUT2D eigenvalue weighted by Gasteiger charge is 2.38. The van der Waals surface area contributed by atoms with Crippen molar-refractivity contribution in [3.05, 3.63) is 75.9 Å². The molecule has 10 heteroatoms. The molecule has 1 aliphatic rings. The number of nitrogens with one attached hydrogen (secondary N) is 2. The highest BCUT2D eigenvalue weighted by Crippen LogP contribution is 2.37. The molecule has 0 bridgehead atoms.